The first-order chi connectivity index (χ1) is 11.3. The third kappa shape index (κ3) is 4.01. The van der Waals surface area contributed by atoms with Crippen LogP contribution in [-0.2, 0) is 14.6 Å². The third-order valence-corrected chi connectivity index (χ3v) is 6.77. The molecule has 1 aliphatic heterocycles. The molecule has 1 aliphatic carbocycles. The number of halogens is 1. The Hall–Kier alpha value is -1.11. The Balaban J connectivity index is 0.00000225. The fourth-order valence-electron chi connectivity index (χ4n) is 4.12. The van der Waals surface area contributed by atoms with E-state index in [4.69, 9.17) is 0 Å². The van der Waals surface area contributed by atoms with Crippen molar-refractivity contribution in [2.24, 2.45) is 11.3 Å². The summed E-state index contributed by atoms with van der Waals surface area (Å²) < 4.78 is 23.1. The van der Waals surface area contributed by atoms with Gasteiger partial charge in [0.15, 0.2) is 9.84 Å². The van der Waals surface area contributed by atoms with Crippen LogP contribution in [0.25, 0.3) is 0 Å². The highest BCUT2D eigenvalue weighted by Gasteiger charge is 2.49. The van der Waals surface area contributed by atoms with Crippen LogP contribution in [0.4, 0.5) is 0 Å². The van der Waals surface area contributed by atoms with Crippen molar-refractivity contribution in [2.45, 2.75) is 43.5 Å². The Morgan fingerprint density at radius 3 is 2.60 bits per heavy atom. The smallest absolute Gasteiger partial charge is 0.228 e. The summed E-state index contributed by atoms with van der Waals surface area (Å²) in [7, 11) is -3.19. The van der Waals surface area contributed by atoms with Gasteiger partial charge in [0.05, 0.1) is 16.4 Å². The first-order valence-electron chi connectivity index (χ1n) is 8.65. The molecule has 1 saturated heterocycles. The molecule has 5 nitrogen and oxygen atoms in total. The zero-order chi connectivity index (χ0) is 17.4. The molecule has 0 aromatic heterocycles. The quantitative estimate of drug-likeness (QED) is 0.833. The fourth-order valence-corrected chi connectivity index (χ4v) is 4.75. The number of carbonyl (C=O) groups is 1. The third-order valence-electron chi connectivity index (χ3n) is 5.65. The summed E-state index contributed by atoms with van der Waals surface area (Å²) in [5.74, 6) is 0.572. The summed E-state index contributed by atoms with van der Waals surface area (Å²) in [6, 6.07) is 6.64. The lowest BCUT2D eigenvalue weighted by molar-refractivity contribution is -0.134. The average Bonchev–Trinajstić information content (AvgIpc) is 2.99. The van der Waals surface area contributed by atoms with Crippen molar-refractivity contribution in [1.82, 2.24) is 10.6 Å². The highest BCUT2D eigenvalue weighted by Crippen LogP contribution is 2.44. The lowest BCUT2D eigenvalue weighted by atomic mass is 9.67. The molecule has 3 atom stereocenters. The number of sulfone groups is 1. The van der Waals surface area contributed by atoms with Crippen LogP contribution in [0.3, 0.4) is 0 Å². The number of nitrogens with one attached hydrogen (secondary N) is 2. The lowest BCUT2D eigenvalue weighted by Crippen LogP contribution is -2.48. The molecule has 0 spiro atoms. The molecule has 0 radical (unpaired) electrons. The molecule has 3 rings (SSSR count). The van der Waals surface area contributed by atoms with Crippen LogP contribution in [0.15, 0.2) is 29.2 Å². The maximum atomic E-state index is 13.0. The van der Waals surface area contributed by atoms with Gasteiger partial charge in [-0.1, -0.05) is 25.0 Å². The molecular weight excluding hydrogens is 360 g/mol. The Labute approximate surface area is 156 Å². The minimum Gasteiger partial charge on any atom is -0.349 e. The van der Waals surface area contributed by atoms with E-state index >= 15 is 0 Å². The molecule has 140 valence electrons. The van der Waals surface area contributed by atoms with Crippen LogP contribution in [0.5, 0.6) is 0 Å². The van der Waals surface area contributed by atoms with E-state index in [1.165, 1.54) is 12.7 Å². The van der Waals surface area contributed by atoms with Gasteiger partial charge in [0, 0.05) is 12.8 Å². The summed E-state index contributed by atoms with van der Waals surface area (Å²) in [6.07, 6.45) is 5.60. The molecule has 1 saturated carbocycles. The average molecular weight is 387 g/mol. The summed E-state index contributed by atoms with van der Waals surface area (Å²) in [5.41, 5.74) is 0.657. The normalized spacial score (nSPS) is 27.0. The van der Waals surface area contributed by atoms with Gasteiger partial charge in [-0.2, -0.15) is 0 Å². The highest BCUT2D eigenvalue weighted by molar-refractivity contribution is 7.90. The standard InChI is InChI=1S/C18H26N2O3S.ClH/c1-13(14-6-8-16(9-7-14)24(2,22)23)20-17(21)18-10-4-3-5-15(18)11-19-12-18;/h6-9,13,15,19H,3-5,10-12H2,1-2H3,(H,20,21);1H/t13?,15-,18+;/m0./s1. The maximum Gasteiger partial charge on any atom is 0.228 e. The van der Waals surface area contributed by atoms with E-state index in [1.54, 1.807) is 24.3 Å². The summed E-state index contributed by atoms with van der Waals surface area (Å²) in [4.78, 5) is 13.3. The van der Waals surface area contributed by atoms with E-state index in [0.717, 1.165) is 37.9 Å². The largest absolute Gasteiger partial charge is 0.349 e. The van der Waals surface area contributed by atoms with E-state index in [-0.39, 0.29) is 29.8 Å². The Kier molecular flexibility index (Phi) is 6.17. The van der Waals surface area contributed by atoms with Gasteiger partial charge in [0.25, 0.3) is 0 Å². The second-order valence-corrected chi connectivity index (χ2v) is 9.28. The lowest BCUT2D eigenvalue weighted by Gasteiger charge is -2.38. The summed E-state index contributed by atoms with van der Waals surface area (Å²) >= 11 is 0. The minimum absolute atomic E-state index is 0. The van der Waals surface area contributed by atoms with Crippen LogP contribution in [0.2, 0.25) is 0 Å². The first kappa shape index (κ1) is 20.2. The Morgan fingerprint density at radius 1 is 1.28 bits per heavy atom. The highest BCUT2D eigenvalue weighted by atomic mass is 35.5. The molecular formula is C18H27ClN2O3S. The van der Waals surface area contributed by atoms with Gasteiger partial charge in [0.2, 0.25) is 5.91 Å². The predicted molar refractivity (Wildman–Crippen MR) is 101 cm³/mol. The fraction of sp³-hybridized carbons (Fsp3) is 0.611. The number of carbonyl (C=O) groups excluding carboxylic acids is 1. The number of amides is 1. The summed E-state index contributed by atoms with van der Waals surface area (Å²) in [5, 5.41) is 6.55. The predicted octanol–water partition coefficient (Wildman–Crippen LogP) is 2.47. The van der Waals surface area contributed by atoms with Crippen molar-refractivity contribution in [1.29, 1.82) is 0 Å². The van der Waals surface area contributed by atoms with E-state index in [9.17, 15) is 13.2 Å². The molecule has 1 heterocycles. The number of rotatable bonds is 4. The van der Waals surface area contributed by atoms with Crippen LogP contribution >= 0.6 is 12.4 Å². The minimum atomic E-state index is -3.19. The SMILES string of the molecule is CC(NC(=O)[C@@]12CCCC[C@H]1CNC2)c1ccc(S(C)(=O)=O)cc1.Cl. The van der Waals surface area contributed by atoms with Crippen molar-refractivity contribution in [3.05, 3.63) is 29.8 Å². The van der Waals surface area contributed by atoms with Crippen LogP contribution < -0.4 is 10.6 Å². The zero-order valence-corrected chi connectivity index (χ0v) is 16.4. The van der Waals surface area contributed by atoms with E-state index in [0.29, 0.717) is 10.8 Å². The van der Waals surface area contributed by atoms with Crippen molar-refractivity contribution >= 4 is 28.2 Å². The van der Waals surface area contributed by atoms with Gasteiger partial charge in [-0.05, 0) is 49.9 Å². The van der Waals surface area contributed by atoms with E-state index < -0.39 is 9.84 Å². The van der Waals surface area contributed by atoms with Gasteiger partial charge in [0.1, 0.15) is 0 Å². The summed E-state index contributed by atoms with van der Waals surface area (Å²) in [6.45, 7) is 3.65. The maximum absolute atomic E-state index is 13.0. The Bertz CT molecular complexity index is 720. The van der Waals surface area contributed by atoms with Gasteiger partial charge >= 0.3 is 0 Å². The zero-order valence-electron chi connectivity index (χ0n) is 14.7. The first-order valence-corrected chi connectivity index (χ1v) is 10.5. The van der Waals surface area contributed by atoms with Gasteiger partial charge in [-0.25, -0.2) is 8.42 Å². The molecule has 2 N–H and O–H groups in total. The van der Waals surface area contributed by atoms with Crippen LogP contribution in [0, 0.1) is 11.3 Å². The topological polar surface area (TPSA) is 75.3 Å². The molecule has 1 aromatic rings. The van der Waals surface area contributed by atoms with Crippen molar-refractivity contribution in [3.8, 4) is 0 Å². The van der Waals surface area contributed by atoms with Crippen molar-refractivity contribution < 1.29 is 13.2 Å². The molecule has 1 amide bonds. The molecule has 2 aliphatic rings. The van der Waals surface area contributed by atoms with E-state index in [2.05, 4.69) is 10.6 Å². The second kappa shape index (κ2) is 7.64. The monoisotopic (exact) mass is 386 g/mol. The van der Waals surface area contributed by atoms with E-state index in [1.807, 2.05) is 6.92 Å². The number of benzene rings is 1. The van der Waals surface area contributed by atoms with Gasteiger partial charge in [-0.3, -0.25) is 4.79 Å². The molecule has 1 aromatic carbocycles. The molecule has 7 heteroatoms. The van der Waals surface area contributed by atoms with Gasteiger partial charge < -0.3 is 10.6 Å². The number of hydrogen-bond acceptors (Lipinski definition) is 4. The number of fused-ring (bicyclic) bond motifs is 1. The second-order valence-electron chi connectivity index (χ2n) is 7.27. The molecule has 2 fully saturated rings. The molecule has 1 unspecified atom stereocenters. The Morgan fingerprint density at radius 2 is 1.96 bits per heavy atom. The number of hydrogen-bond donors (Lipinski definition) is 2. The van der Waals surface area contributed by atoms with Crippen molar-refractivity contribution in [2.75, 3.05) is 19.3 Å². The van der Waals surface area contributed by atoms with Gasteiger partial charge in [-0.15, -0.1) is 12.4 Å². The molecule has 0 bridgehead atoms. The molecule has 25 heavy (non-hydrogen) atoms. The van der Waals surface area contributed by atoms with Crippen molar-refractivity contribution in [3.63, 3.8) is 0 Å². The van der Waals surface area contributed by atoms with Crippen LogP contribution in [-0.4, -0.2) is 33.7 Å². The van der Waals surface area contributed by atoms with Crippen LogP contribution in [0.1, 0.15) is 44.2 Å².